The van der Waals surface area contributed by atoms with Crippen molar-refractivity contribution >= 4 is 17.9 Å². The number of carbonyl (C=O) groups excluding carboxylic acids is 2. The van der Waals surface area contributed by atoms with Crippen molar-refractivity contribution in [1.82, 2.24) is 0 Å². The molecule has 0 aromatic rings. The fourth-order valence-electron chi connectivity index (χ4n) is 3.58. The quantitative estimate of drug-likeness (QED) is 0.0780. The molecule has 0 saturated carbocycles. The van der Waals surface area contributed by atoms with Crippen LogP contribution in [-0.2, 0) is 28.6 Å². The lowest BCUT2D eigenvalue weighted by atomic mass is 10.1. The van der Waals surface area contributed by atoms with Gasteiger partial charge in [-0.3, -0.25) is 9.59 Å². The molecule has 0 aliphatic carbocycles. The second kappa shape index (κ2) is 22.5. The number of quaternary nitrogens is 1. The Morgan fingerprint density at radius 2 is 1.45 bits per heavy atom. The van der Waals surface area contributed by atoms with Crippen LogP contribution < -0.4 is 0 Å². The molecule has 0 radical (unpaired) electrons. The number of carboxylic acid groups (broad SMARTS) is 1. The maximum Gasteiger partial charge on any atom is 0.362 e. The summed E-state index contributed by atoms with van der Waals surface area (Å²) in [6.07, 6.45) is 19.8. The second-order valence-corrected chi connectivity index (χ2v) is 10.3. The average molecular weight is 539 g/mol. The lowest BCUT2D eigenvalue weighted by Crippen LogP contribution is -2.50. The number of allylic oxidation sites excluding steroid dienone is 6. The third kappa shape index (κ3) is 20.6. The Bertz CT molecular complexity index is 737. The SMILES string of the molecule is CC/C=C/C/C=C/CCC(=O)OC(COCCC(C(=O)O)[N+](C)(C)C)COC(=O)CC/C=C/CCCCC. The van der Waals surface area contributed by atoms with Gasteiger partial charge < -0.3 is 23.8 Å². The molecule has 0 heterocycles. The number of hydrogen-bond acceptors (Lipinski definition) is 6. The molecule has 0 aromatic carbocycles. The first-order valence-electron chi connectivity index (χ1n) is 14.0. The lowest BCUT2D eigenvalue weighted by Gasteiger charge is -2.31. The van der Waals surface area contributed by atoms with E-state index in [4.69, 9.17) is 14.2 Å². The van der Waals surface area contributed by atoms with Crippen LogP contribution in [-0.4, -0.2) is 80.6 Å². The minimum Gasteiger partial charge on any atom is -0.477 e. The van der Waals surface area contributed by atoms with Gasteiger partial charge in [-0.2, -0.15) is 0 Å². The van der Waals surface area contributed by atoms with E-state index in [2.05, 4.69) is 32.1 Å². The molecule has 8 heteroatoms. The van der Waals surface area contributed by atoms with Crippen molar-refractivity contribution in [3.63, 3.8) is 0 Å². The van der Waals surface area contributed by atoms with Gasteiger partial charge >= 0.3 is 17.9 Å². The first-order valence-corrected chi connectivity index (χ1v) is 14.0. The van der Waals surface area contributed by atoms with Crippen molar-refractivity contribution in [2.75, 3.05) is 41.0 Å². The van der Waals surface area contributed by atoms with Crippen LogP contribution in [0, 0.1) is 0 Å². The first-order chi connectivity index (χ1) is 18.1. The van der Waals surface area contributed by atoms with E-state index in [9.17, 15) is 19.5 Å². The minimum atomic E-state index is -0.893. The normalized spacial score (nSPS) is 13.8. The molecule has 0 rings (SSSR count). The van der Waals surface area contributed by atoms with E-state index in [1.165, 1.54) is 12.8 Å². The lowest BCUT2D eigenvalue weighted by molar-refractivity contribution is -0.887. The predicted octanol–water partition coefficient (Wildman–Crippen LogP) is 5.62. The van der Waals surface area contributed by atoms with Crippen molar-refractivity contribution in [1.29, 1.82) is 0 Å². The Morgan fingerprint density at radius 1 is 0.816 bits per heavy atom. The van der Waals surface area contributed by atoms with Crippen LogP contribution in [0.5, 0.6) is 0 Å². The van der Waals surface area contributed by atoms with Gasteiger partial charge in [0, 0.05) is 19.3 Å². The molecule has 0 aliphatic heterocycles. The van der Waals surface area contributed by atoms with Crippen LogP contribution in [0.1, 0.15) is 84.5 Å². The highest BCUT2D eigenvalue weighted by Crippen LogP contribution is 2.10. The predicted molar refractivity (Wildman–Crippen MR) is 151 cm³/mol. The third-order valence-corrected chi connectivity index (χ3v) is 5.80. The highest BCUT2D eigenvalue weighted by Gasteiger charge is 2.31. The third-order valence-electron chi connectivity index (χ3n) is 5.80. The van der Waals surface area contributed by atoms with Crippen molar-refractivity contribution in [3.05, 3.63) is 36.5 Å². The standard InChI is InChI=1S/C30H51NO7/c1-6-8-10-12-14-16-18-20-28(32)37-25-26(24-36-23-22-27(30(34)35)31(3,4)5)38-29(33)21-19-17-15-13-11-9-7-2/h9,11,14-17,26-27H,6-8,10,12-13,18-25H2,1-5H3/p+1/b11-9+,16-14+,17-15+. The van der Waals surface area contributed by atoms with Gasteiger partial charge in [-0.05, 0) is 38.5 Å². The summed E-state index contributed by atoms with van der Waals surface area (Å²) in [5.74, 6) is -1.65. The van der Waals surface area contributed by atoms with Crippen molar-refractivity contribution in [2.24, 2.45) is 0 Å². The molecule has 0 aromatic heterocycles. The number of carbonyl (C=O) groups is 3. The first kappa shape index (κ1) is 35.5. The molecule has 0 saturated heterocycles. The minimum absolute atomic E-state index is 0.0253. The fraction of sp³-hybridized carbons (Fsp3) is 0.700. The van der Waals surface area contributed by atoms with Gasteiger partial charge in [0.05, 0.1) is 34.4 Å². The van der Waals surface area contributed by atoms with Crippen LogP contribution in [0.15, 0.2) is 36.5 Å². The number of unbranched alkanes of at least 4 members (excludes halogenated alkanes) is 3. The van der Waals surface area contributed by atoms with Gasteiger partial charge in [0.25, 0.3) is 0 Å². The van der Waals surface area contributed by atoms with Crippen molar-refractivity contribution in [3.8, 4) is 0 Å². The molecule has 8 nitrogen and oxygen atoms in total. The summed E-state index contributed by atoms with van der Waals surface area (Å²) < 4.78 is 16.8. The second-order valence-electron chi connectivity index (χ2n) is 10.3. The zero-order valence-electron chi connectivity index (χ0n) is 24.4. The maximum atomic E-state index is 12.4. The van der Waals surface area contributed by atoms with Crippen molar-refractivity contribution in [2.45, 2.75) is 96.6 Å². The van der Waals surface area contributed by atoms with E-state index in [-0.39, 0.29) is 43.1 Å². The molecule has 218 valence electrons. The van der Waals surface area contributed by atoms with E-state index < -0.39 is 24.1 Å². The van der Waals surface area contributed by atoms with Gasteiger partial charge in [-0.1, -0.05) is 63.1 Å². The highest BCUT2D eigenvalue weighted by molar-refractivity contribution is 5.72. The molecular weight excluding hydrogens is 486 g/mol. The number of aliphatic carboxylic acids is 1. The van der Waals surface area contributed by atoms with E-state index in [1.54, 1.807) is 0 Å². The van der Waals surface area contributed by atoms with Crippen LogP contribution >= 0.6 is 0 Å². The smallest absolute Gasteiger partial charge is 0.362 e. The Kier molecular flexibility index (Phi) is 21.1. The summed E-state index contributed by atoms with van der Waals surface area (Å²) in [5.41, 5.74) is 0. The monoisotopic (exact) mass is 538 g/mol. The molecule has 38 heavy (non-hydrogen) atoms. The zero-order valence-corrected chi connectivity index (χ0v) is 24.4. The summed E-state index contributed by atoms with van der Waals surface area (Å²) in [6, 6.07) is -0.622. The number of hydrogen-bond donors (Lipinski definition) is 1. The Balaban J connectivity index is 4.70. The number of ether oxygens (including phenoxy) is 3. The number of likely N-dealkylation sites (N-methyl/N-ethyl adjacent to an activating group) is 1. The number of esters is 2. The molecule has 2 unspecified atom stereocenters. The summed E-state index contributed by atoms with van der Waals surface area (Å²) in [4.78, 5) is 36.1. The molecule has 2 atom stereocenters. The average Bonchev–Trinajstić information content (AvgIpc) is 2.84. The molecule has 1 N–H and O–H groups in total. The topological polar surface area (TPSA) is 99.1 Å². The summed E-state index contributed by atoms with van der Waals surface area (Å²) >= 11 is 0. The van der Waals surface area contributed by atoms with Gasteiger partial charge in [0.2, 0.25) is 0 Å². The Hall–Kier alpha value is -2.45. The molecule has 0 amide bonds. The highest BCUT2D eigenvalue weighted by atomic mass is 16.6. The number of rotatable bonds is 23. The fourth-order valence-corrected chi connectivity index (χ4v) is 3.58. The summed E-state index contributed by atoms with van der Waals surface area (Å²) in [6.45, 7) is 4.36. The zero-order chi connectivity index (χ0) is 28.7. The van der Waals surface area contributed by atoms with Crippen LogP contribution in [0.4, 0.5) is 0 Å². The van der Waals surface area contributed by atoms with Gasteiger partial charge in [-0.25, -0.2) is 4.79 Å². The molecular formula is C30H52NO7+. The summed E-state index contributed by atoms with van der Waals surface area (Å²) in [7, 11) is 5.45. The van der Waals surface area contributed by atoms with Crippen LogP contribution in [0.2, 0.25) is 0 Å². The molecule has 0 bridgehead atoms. The Labute approximate surface area is 230 Å². The number of nitrogens with zero attached hydrogens (tertiary/aromatic N) is 1. The van der Waals surface area contributed by atoms with Gasteiger partial charge in [-0.15, -0.1) is 0 Å². The van der Waals surface area contributed by atoms with Gasteiger partial charge in [0.15, 0.2) is 12.1 Å². The van der Waals surface area contributed by atoms with E-state index in [0.29, 0.717) is 19.3 Å². The maximum absolute atomic E-state index is 12.4. The largest absolute Gasteiger partial charge is 0.477 e. The van der Waals surface area contributed by atoms with Crippen LogP contribution in [0.3, 0.4) is 0 Å². The molecule has 0 spiro atoms. The van der Waals surface area contributed by atoms with E-state index >= 15 is 0 Å². The van der Waals surface area contributed by atoms with E-state index in [0.717, 1.165) is 25.7 Å². The van der Waals surface area contributed by atoms with Crippen molar-refractivity contribution < 1.29 is 38.2 Å². The van der Waals surface area contributed by atoms with Crippen LogP contribution in [0.25, 0.3) is 0 Å². The molecule has 0 aliphatic rings. The summed E-state index contributed by atoms with van der Waals surface area (Å²) in [5, 5.41) is 9.48. The molecule has 0 fully saturated rings. The van der Waals surface area contributed by atoms with E-state index in [1.807, 2.05) is 39.4 Å². The van der Waals surface area contributed by atoms with Gasteiger partial charge in [0.1, 0.15) is 6.61 Å². The Morgan fingerprint density at radius 3 is 2.08 bits per heavy atom. The number of carboxylic acids is 1.